The fourth-order valence-electron chi connectivity index (χ4n) is 4.70. The molecule has 1 heterocycles. The molecule has 2 aromatic rings. The minimum atomic E-state index is -0.327. The Morgan fingerprint density at radius 1 is 1.15 bits per heavy atom. The fourth-order valence-corrected chi connectivity index (χ4v) is 4.70. The summed E-state index contributed by atoms with van der Waals surface area (Å²) in [4.78, 5) is 29.1. The van der Waals surface area contributed by atoms with E-state index in [2.05, 4.69) is 17.2 Å². The second-order valence-electron chi connectivity index (χ2n) is 8.53. The predicted molar refractivity (Wildman–Crippen MR) is 125 cm³/mol. The van der Waals surface area contributed by atoms with Crippen molar-refractivity contribution >= 4 is 11.7 Å². The van der Waals surface area contributed by atoms with Crippen LogP contribution in [0.3, 0.4) is 0 Å². The molecule has 1 aromatic carbocycles. The number of allylic oxidation sites excluding steroid dienone is 4. The average molecular weight is 463 g/mol. The van der Waals surface area contributed by atoms with Gasteiger partial charge in [-0.15, -0.1) is 0 Å². The third kappa shape index (κ3) is 4.78. The molecule has 0 aliphatic heterocycles. The van der Waals surface area contributed by atoms with Crippen LogP contribution in [-0.4, -0.2) is 30.9 Å². The lowest BCUT2D eigenvalue weighted by Crippen LogP contribution is -2.25. The van der Waals surface area contributed by atoms with Gasteiger partial charge in [-0.05, 0) is 64.5 Å². The summed E-state index contributed by atoms with van der Waals surface area (Å²) >= 11 is 0. The van der Waals surface area contributed by atoms with E-state index in [1.54, 1.807) is 30.6 Å². The maximum absolute atomic E-state index is 14.2. The Morgan fingerprint density at radius 2 is 1.88 bits per heavy atom. The number of pyridine rings is 1. The number of hydrogen-bond acceptors (Lipinski definition) is 5. The molecule has 3 atom stereocenters. The zero-order valence-corrected chi connectivity index (χ0v) is 19.4. The number of ether oxygens (including phenoxy) is 2. The van der Waals surface area contributed by atoms with Gasteiger partial charge in [0.05, 0.1) is 14.2 Å². The Morgan fingerprint density at radius 3 is 2.53 bits per heavy atom. The highest BCUT2D eigenvalue weighted by Gasteiger charge is 2.38. The van der Waals surface area contributed by atoms with E-state index in [0.29, 0.717) is 6.54 Å². The van der Waals surface area contributed by atoms with Crippen LogP contribution in [0.1, 0.15) is 41.9 Å². The van der Waals surface area contributed by atoms with E-state index < -0.39 is 0 Å². The van der Waals surface area contributed by atoms with Gasteiger partial charge < -0.3 is 14.8 Å². The molecule has 0 radical (unpaired) electrons. The molecule has 3 unspecified atom stereocenters. The van der Waals surface area contributed by atoms with Crippen LogP contribution in [0.2, 0.25) is 0 Å². The quantitative estimate of drug-likeness (QED) is 0.663. The second kappa shape index (κ2) is 10.0. The van der Waals surface area contributed by atoms with Crippen molar-refractivity contribution in [2.24, 2.45) is 5.92 Å². The number of nitrogens with one attached hydrogen (secondary N) is 1. The summed E-state index contributed by atoms with van der Waals surface area (Å²) in [6.45, 7) is 2.45. The molecular weight excluding hydrogens is 435 g/mol. The summed E-state index contributed by atoms with van der Waals surface area (Å²) in [5, 5.41) is 2.94. The summed E-state index contributed by atoms with van der Waals surface area (Å²) < 4.78 is 24.6. The Kier molecular flexibility index (Phi) is 6.91. The van der Waals surface area contributed by atoms with Gasteiger partial charge in [-0.25, -0.2) is 4.39 Å². The minimum Gasteiger partial charge on any atom is -0.492 e. The summed E-state index contributed by atoms with van der Waals surface area (Å²) in [5.74, 6) is -0.537. The molecule has 4 rings (SSSR count). The van der Waals surface area contributed by atoms with E-state index in [1.165, 1.54) is 26.4 Å². The van der Waals surface area contributed by atoms with Gasteiger partial charge in [0.1, 0.15) is 5.82 Å². The predicted octanol–water partition coefficient (Wildman–Crippen LogP) is 4.31. The zero-order valence-electron chi connectivity index (χ0n) is 19.4. The fraction of sp³-hybridized carbons (Fsp3) is 0.296. The van der Waals surface area contributed by atoms with Gasteiger partial charge >= 0.3 is 0 Å². The van der Waals surface area contributed by atoms with Crippen molar-refractivity contribution in [3.63, 3.8) is 0 Å². The van der Waals surface area contributed by atoms with Crippen molar-refractivity contribution in [1.82, 2.24) is 10.3 Å². The van der Waals surface area contributed by atoms with Crippen LogP contribution in [0, 0.1) is 11.7 Å². The summed E-state index contributed by atoms with van der Waals surface area (Å²) in [6, 6.07) is 8.48. The molecule has 0 bridgehead atoms. The van der Waals surface area contributed by atoms with Crippen LogP contribution in [0.25, 0.3) is 0 Å². The van der Waals surface area contributed by atoms with Crippen LogP contribution < -0.4 is 5.32 Å². The number of methoxy groups -OCH3 is 2. The zero-order chi connectivity index (χ0) is 24.2. The highest BCUT2D eigenvalue weighted by molar-refractivity contribution is 6.07. The maximum atomic E-state index is 14.2. The van der Waals surface area contributed by atoms with E-state index in [0.717, 1.165) is 22.3 Å². The first-order valence-corrected chi connectivity index (χ1v) is 11.1. The Balaban J connectivity index is 1.59. The molecule has 2 aliphatic rings. The van der Waals surface area contributed by atoms with Gasteiger partial charge in [0.2, 0.25) is 5.91 Å². The maximum Gasteiger partial charge on any atom is 0.261 e. The lowest BCUT2D eigenvalue weighted by Gasteiger charge is -2.21. The van der Waals surface area contributed by atoms with Crippen LogP contribution in [0.4, 0.5) is 4.39 Å². The highest BCUT2D eigenvalue weighted by Crippen LogP contribution is 2.49. The van der Waals surface area contributed by atoms with Crippen molar-refractivity contribution in [3.05, 3.63) is 101 Å². The molecule has 2 aliphatic carbocycles. The van der Waals surface area contributed by atoms with Crippen LogP contribution >= 0.6 is 0 Å². The number of ketones is 1. The van der Waals surface area contributed by atoms with Gasteiger partial charge in [-0.2, -0.15) is 0 Å². The number of fused-ring (bicyclic) bond motifs is 1. The minimum absolute atomic E-state index is 0.0323. The number of rotatable bonds is 7. The summed E-state index contributed by atoms with van der Waals surface area (Å²) in [5.41, 5.74) is 3.49. The molecule has 34 heavy (non-hydrogen) atoms. The Labute approximate surface area is 198 Å². The van der Waals surface area contributed by atoms with Gasteiger partial charge in [-0.3, -0.25) is 14.6 Å². The SMILES string of the molecule is COC1=CC(=CC2c3ccc(F)cc3C(CC(=O)NCc3cccnc3)C2C)C=C(OC)C1=O. The van der Waals surface area contributed by atoms with E-state index in [1.807, 2.05) is 18.2 Å². The van der Waals surface area contributed by atoms with Crippen molar-refractivity contribution in [1.29, 1.82) is 0 Å². The molecule has 7 heteroatoms. The van der Waals surface area contributed by atoms with Crippen LogP contribution in [0.5, 0.6) is 0 Å². The number of halogens is 1. The molecule has 0 saturated heterocycles. The average Bonchev–Trinajstić information content (AvgIpc) is 3.09. The normalized spacial score (nSPS) is 21.4. The number of carbonyl (C=O) groups excluding carboxylic acids is 2. The van der Waals surface area contributed by atoms with Gasteiger partial charge in [0, 0.05) is 31.3 Å². The Bertz CT molecular complexity index is 1160. The molecule has 6 nitrogen and oxygen atoms in total. The number of amides is 1. The van der Waals surface area contributed by atoms with Crippen molar-refractivity contribution in [3.8, 4) is 0 Å². The standard InChI is InChI=1S/C27H27FN2O4/c1-16-21(9-18-10-24(33-2)27(32)25(11-18)34-3)20-7-6-19(28)12-23(20)22(16)13-26(31)30-15-17-5-4-8-29-14-17/h4-12,14,16,21-22H,13,15H2,1-3H3,(H,30,31). The van der Waals surface area contributed by atoms with Gasteiger partial charge in [0.15, 0.2) is 11.5 Å². The first-order chi connectivity index (χ1) is 16.4. The molecule has 0 spiro atoms. The second-order valence-corrected chi connectivity index (χ2v) is 8.53. The van der Waals surface area contributed by atoms with Gasteiger partial charge in [0.25, 0.3) is 5.78 Å². The first-order valence-electron chi connectivity index (χ1n) is 11.1. The smallest absolute Gasteiger partial charge is 0.261 e. The van der Waals surface area contributed by atoms with Crippen molar-refractivity contribution in [2.45, 2.75) is 31.7 Å². The number of nitrogens with zero attached hydrogens (tertiary/aromatic N) is 1. The number of carbonyl (C=O) groups is 2. The molecule has 1 aromatic heterocycles. The summed E-state index contributed by atoms with van der Waals surface area (Å²) in [7, 11) is 2.88. The van der Waals surface area contributed by atoms with Crippen LogP contribution in [0.15, 0.2) is 78.0 Å². The third-order valence-electron chi connectivity index (χ3n) is 6.48. The first kappa shape index (κ1) is 23.4. The van der Waals surface area contributed by atoms with E-state index in [4.69, 9.17) is 9.47 Å². The number of aromatic nitrogens is 1. The molecule has 176 valence electrons. The number of Topliss-reactive ketones (excluding diaryl/α,β-unsaturated/α-hetero) is 1. The van der Waals surface area contributed by atoms with E-state index in [-0.39, 0.29) is 53.2 Å². The lowest BCUT2D eigenvalue weighted by molar-refractivity contribution is -0.122. The topological polar surface area (TPSA) is 77.5 Å². The van der Waals surface area contributed by atoms with Crippen LogP contribution in [-0.2, 0) is 25.6 Å². The number of benzene rings is 1. The molecule has 0 saturated carbocycles. The molecule has 0 fully saturated rings. The molecule has 1 N–H and O–H groups in total. The summed E-state index contributed by atoms with van der Waals surface area (Å²) in [6.07, 6.45) is 9.02. The largest absolute Gasteiger partial charge is 0.492 e. The van der Waals surface area contributed by atoms with Gasteiger partial charge in [-0.1, -0.05) is 25.1 Å². The third-order valence-corrected chi connectivity index (χ3v) is 6.48. The number of hydrogen-bond donors (Lipinski definition) is 1. The van der Waals surface area contributed by atoms with Crippen molar-refractivity contribution in [2.75, 3.05) is 14.2 Å². The van der Waals surface area contributed by atoms with E-state index >= 15 is 0 Å². The molecule has 1 amide bonds. The van der Waals surface area contributed by atoms with E-state index in [9.17, 15) is 14.0 Å². The molecular formula is C27H27FN2O4. The highest BCUT2D eigenvalue weighted by atomic mass is 19.1. The lowest BCUT2D eigenvalue weighted by atomic mass is 9.85. The Hall–Kier alpha value is -3.74. The monoisotopic (exact) mass is 462 g/mol. The van der Waals surface area contributed by atoms with Crippen molar-refractivity contribution < 1.29 is 23.5 Å².